The van der Waals surface area contributed by atoms with Crippen molar-refractivity contribution < 1.29 is 19.1 Å². The molecular weight excluding hydrogens is 737 g/mol. The van der Waals surface area contributed by atoms with Crippen LogP contribution in [0.1, 0.15) is 85.2 Å². The van der Waals surface area contributed by atoms with Gasteiger partial charge in [0.15, 0.2) is 0 Å². The molecule has 4 aromatic carbocycles. The number of aromatic nitrogens is 2. The summed E-state index contributed by atoms with van der Waals surface area (Å²) in [6, 6.07) is 38.5. The van der Waals surface area contributed by atoms with E-state index >= 15 is 0 Å². The Morgan fingerprint density at radius 2 is 1.37 bits per heavy atom. The number of benzene rings is 4. The molecule has 302 valence electrons. The smallest absolute Gasteiger partial charge is 0.254 e. The van der Waals surface area contributed by atoms with E-state index in [0.29, 0.717) is 34.6 Å². The van der Waals surface area contributed by atoms with Gasteiger partial charge in [-0.3, -0.25) is 14.6 Å². The van der Waals surface area contributed by atoms with Gasteiger partial charge < -0.3 is 31.6 Å². The third-order valence-electron chi connectivity index (χ3n) is 11.1. The van der Waals surface area contributed by atoms with Gasteiger partial charge in [0.2, 0.25) is 11.8 Å². The number of carbonyl (C=O) groups is 2. The monoisotopic (exact) mass is 788 g/mol. The molecule has 2 heterocycles. The second-order valence-electron chi connectivity index (χ2n) is 15.1. The zero-order valence-electron chi connectivity index (χ0n) is 33.3. The predicted molar refractivity (Wildman–Crippen MR) is 231 cm³/mol. The van der Waals surface area contributed by atoms with Gasteiger partial charge in [0.05, 0.1) is 5.56 Å². The number of amides is 2. The molecule has 0 spiro atoms. The summed E-state index contributed by atoms with van der Waals surface area (Å²) < 4.78 is 12.0. The van der Waals surface area contributed by atoms with Crippen LogP contribution in [0.25, 0.3) is 0 Å². The molecule has 6 aromatic rings. The summed E-state index contributed by atoms with van der Waals surface area (Å²) in [7, 11) is 0. The Kier molecular flexibility index (Phi) is 14.1. The highest BCUT2D eigenvalue weighted by Crippen LogP contribution is 2.39. The molecule has 8 rings (SSSR count). The lowest BCUT2D eigenvalue weighted by molar-refractivity contribution is 0.0990. The molecule has 10 nitrogen and oxygen atoms in total. The second kappa shape index (κ2) is 20.4. The maximum Gasteiger partial charge on any atom is 0.254 e. The number of fused-ring (bicyclic) bond motifs is 2. The number of pyridine rings is 2. The van der Waals surface area contributed by atoms with Crippen molar-refractivity contribution in [2.45, 2.75) is 56.8 Å². The van der Waals surface area contributed by atoms with Crippen LogP contribution in [0, 0.1) is 0 Å². The maximum absolute atomic E-state index is 11.7. The highest BCUT2D eigenvalue weighted by Gasteiger charge is 2.25. The summed E-state index contributed by atoms with van der Waals surface area (Å²) in [5.74, 6) is 2.39. The number of aryl methyl sites for hydroxylation is 1. The molecule has 0 bridgehead atoms. The van der Waals surface area contributed by atoms with Crippen LogP contribution in [0.15, 0.2) is 134 Å². The van der Waals surface area contributed by atoms with E-state index in [2.05, 4.69) is 87.3 Å². The molecule has 0 saturated carbocycles. The minimum Gasteiger partial charge on any atom is -0.456 e. The van der Waals surface area contributed by atoms with Crippen LogP contribution in [0.3, 0.4) is 0 Å². The normalized spacial score (nSPS) is 15.3. The Balaban J connectivity index is 0.000000179. The minimum absolute atomic E-state index is 0.296. The Morgan fingerprint density at radius 1 is 0.661 bits per heavy atom. The lowest BCUT2D eigenvalue weighted by Crippen LogP contribution is -2.26. The van der Waals surface area contributed by atoms with Crippen LogP contribution in [0.2, 0.25) is 0 Å². The van der Waals surface area contributed by atoms with Crippen molar-refractivity contribution in [3.8, 4) is 23.1 Å². The van der Waals surface area contributed by atoms with E-state index in [4.69, 9.17) is 20.9 Å². The van der Waals surface area contributed by atoms with E-state index < -0.39 is 11.8 Å². The number of nitrogens with one attached hydrogen (secondary N) is 2. The fourth-order valence-electron chi connectivity index (χ4n) is 7.95. The number of nitrogens with zero attached hydrogens (tertiary/aromatic N) is 2. The van der Waals surface area contributed by atoms with Crippen molar-refractivity contribution in [3.05, 3.63) is 178 Å². The van der Waals surface area contributed by atoms with Gasteiger partial charge in [-0.05, 0) is 134 Å². The molecular formula is C49H52N6O4. The van der Waals surface area contributed by atoms with Crippen molar-refractivity contribution >= 4 is 11.8 Å². The first kappa shape index (κ1) is 40.8. The Bertz CT molecular complexity index is 2300. The maximum atomic E-state index is 11.7. The Morgan fingerprint density at radius 3 is 2.03 bits per heavy atom. The zero-order chi connectivity index (χ0) is 40.8. The predicted octanol–water partition coefficient (Wildman–Crippen LogP) is 8.06. The average Bonchev–Trinajstić information content (AvgIpc) is 3.67. The molecule has 2 aliphatic carbocycles. The summed E-state index contributed by atoms with van der Waals surface area (Å²) >= 11 is 0. The summed E-state index contributed by atoms with van der Waals surface area (Å²) in [5.41, 5.74) is 19.4. The molecule has 6 N–H and O–H groups in total. The quantitative estimate of drug-likeness (QED) is 0.0719. The summed E-state index contributed by atoms with van der Waals surface area (Å²) in [4.78, 5) is 31.0. The number of carbonyl (C=O) groups excluding carboxylic acids is 2. The van der Waals surface area contributed by atoms with Gasteiger partial charge >= 0.3 is 0 Å². The fraction of sp³-hybridized carbons (Fsp3) is 0.265. The van der Waals surface area contributed by atoms with E-state index in [-0.39, 0.29) is 0 Å². The third-order valence-corrected chi connectivity index (χ3v) is 11.1. The largest absolute Gasteiger partial charge is 0.456 e. The van der Waals surface area contributed by atoms with Crippen molar-refractivity contribution in [3.63, 3.8) is 0 Å². The van der Waals surface area contributed by atoms with Gasteiger partial charge in [-0.25, -0.2) is 4.98 Å². The molecule has 2 aromatic heterocycles. The molecule has 59 heavy (non-hydrogen) atoms. The average molecular weight is 789 g/mol. The van der Waals surface area contributed by atoms with Gasteiger partial charge in [0.25, 0.3) is 5.91 Å². The van der Waals surface area contributed by atoms with E-state index in [0.717, 1.165) is 82.6 Å². The van der Waals surface area contributed by atoms with Gasteiger partial charge in [0, 0.05) is 37.7 Å². The van der Waals surface area contributed by atoms with Crippen molar-refractivity contribution in [1.29, 1.82) is 0 Å². The van der Waals surface area contributed by atoms with E-state index in [1.165, 1.54) is 45.8 Å². The first-order chi connectivity index (χ1) is 28.9. The second-order valence-corrected chi connectivity index (χ2v) is 15.1. The molecule has 2 unspecified atom stereocenters. The number of primary amides is 2. The van der Waals surface area contributed by atoms with E-state index in [1.54, 1.807) is 24.4 Å². The highest BCUT2D eigenvalue weighted by atomic mass is 16.5. The highest BCUT2D eigenvalue weighted by molar-refractivity contribution is 5.95. The molecule has 0 radical (unpaired) electrons. The minimum atomic E-state index is -0.539. The van der Waals surface area contributed by atoms with Gasteiger partial charge in [-0.2, -0.15) is 0 Å². The van der Waals surface area contributed by atoms with Crippen LogP contribution < -0.4 is 31.6 Å². The lowest BCUT2D eigenvalue weighted by atomic mass is 9.82. The molecule has 2 aliphatic rings. The number of nitrogens with two attached hydrogens (primary N) is 2. The first-order valence-corrected chi connectivity index (χ1v) is 20.5. The summed E-state index contributed by atoms with van der Waals surface area (Å²) in [5, 5.41) is 7.23. The molecule has 10 heteroatoms. The SMILES string of the molecule is NC(=O)c1ccc(Oc2ccc3c(c2)C(CNCCc2ccccc2)CC3)nc1.NC(=O)c1cnccc1Oc1cccc2c1CCCC2CNCCc1ccccc1. The number of ether oxygens (including phenoxy) is 2. The molecule has 0 aliphatic heterocycles. The van der Waals surface area contributed by atoms with Crippen LogP contribution in [-0.4, -0.2) is 48.0 Å². The van der Waals surface area contributed by atoms with Gasteiger partial charge in [-0.1, -0.05) is 78.9 Å². The Labute approximate surface area is 346 Å². The Hall–Kier alpha value is -6.36. The van der Waals surface area contributed by atoms with E-state index in [9.17, 15) is 9.59 Å². The zero-order valence-corrected chi connectivity index (χ0v) is 33.3. The number of hydrogen-bond donors (Lipinski definition) is 4. The van der Waals surface area contributed by atoms with Crippen molar-refractivity contribution in [1.82, 2.24) is 20.6 Å². The van der Waals surface area contributed by atoms with Crippen LogP contribution in [0.4, 0.5) is 0 Å². The van der Waals surface area contributed by atoms with Gasteiger partial charge in [-0.15, -0.1) is 0 Å². The standard InChI is InChI=1S/C25H27N3O2.C24H25N3O2/c26-25(29)22-17-28-15-13-24(22)30-23-11-5-9-20-19(8-4-10-21(20)23)16-27-14-12-18-6-2-1-3-7-18;25-24(28)20-9-11-23(27-16-20)29-21-10-8-18-6-7-19(22(18)14-21)15-26-13-12-17-4-2-1-3-5-17/h1-3,5-7,9,11,13,15,17,19,27H,4,8,10,12,14,16H2,(H2,26,29);1-5,8-11,14,16,19,26H,6-7,12-13,15H2,(H2,25,28). The van der Waals surface area contributed by atoms with Crippen LogP contribution in [-0.2, 0) is 25.7 Å². The fourth-order valence-corrected chi connectivity index (χ4v) is 7.95. The molecule has 2 atom stereocenters. The van der Waals surface area contributed by atoms with E-state index in [1.807, 2.05) is 30.3 Å². The van der Waals surface area contributed by atoms with Crippen molar-refractivity contribution in [2.24, 2.45) is 11.5 Å². The number of rotatable bonds is 16. The van der Waals surface area contributed by atoms with Crippen molar-refractivity contribution in [2.75, 3.05) is 26.2 Å². The first-order valence-electron chi connectivity index (χ1n) is 20.5. The molecule has 2 amide bonds. The van der Waals surface area contributed by atoms with Gasteiger partial charge in [0.1, 0.15) is 22.8 Å². The summed E-state index contributed by atoms with van der Waals surface area (Å²) in [6.07, 6.45) is 12.1. The lowest BCUT2D eigenvalue weighted by Gasteiger charge is -2.27. The van der Waals surface area contributed by atoms with Crippen LogP contribution >= 0.6 is 0 Å². The number of hydrogen-bond acceptors (Lipinski definition) is 8. The third kappa shape index (κ3) is 11.2. The topological polar surface area (TPSA) is 154 Å². The molecule has 0 fully saturated rings. The van der Waals surface area contributed by atoms with Crippen LogP contribution in [0.5, 0.6) is 23.1 Å². The molecule has 0 saturated heterocycles. The summed E-state index contributed by atoms with van der Waals surface area (Å²) in [6.45, 7) is 3.85.